The fraction of sp³-hybridized carbons (Fsp3) is 0.571. The molecule has 1 aromatic rings. The maximum absolute atomic E-state index is 13.6. The Morgan fingerprint density at radius 1 is 1.39 bits per heavy atom. The van der Waals surface area contributed by atoms with Crippen LogP contribution in [0.15, 0.2) is 18.2 Å². The minimum atomic E-state index is -1.34. The molecule has 1 rings (SSSR count). The van der Waals surface area contributed by atoms with Crippen molar-refractivity contribution < 1.29 is 13.9 Å². The zero-order chi connectivity index (χ0) is 13.8. The molecule has 102 valence electrons. The molecule has 0 aliphatic heterocycles. The molecule has 2 atom stereocenters. The van der Waals surface area contributed by atoms with Crippen molar-refractivity contribution in [1.82, 2.24) is 5.32 Å². The highest BCUT2D eigenvalue weighted by molar-refractivity contribution is 5.24. The molecule has 0 aliphatic rings. The molecule has 0 bridgehead atoms. The van der Waals surface area contributed by atoms with Crippen LogP contribution in [0.5, 0.6) is 0 Å². The summed E-state index contributed by atoms with van der Waals surface area (Å²) in [5.41, 5.74) is -1.23. The number of halogens is 2. The van der Waals surface area contributed by atoms with E-state index < -0.39 is 17.2 Å². The van der Waals surface area contributed by atoms with Crippen molar-refractivity contribution in [3.8, 4) is 0 Å². The number of nitrogens with one attached hydrogen (secondary N) is 1. The van der Waals surface area contributed by atoms with Gasteiger partial charge in [0, 0.05) is 18.2 Å². The molecule has 2 N–H and O–H groups in total. The lowest BCUT2D eigenvalue weighted by Crippen LogP contribution is -2.37. The van der Waals surface area contributed by atoms with Crippen molar-refractivity contribution in [2.45, 2.75) is 32.8 Å². The second kappa shape index (κ2) is 6.25. The fourth-order valence-electron chi connectivity index (χ4n) is 1.73. The van der Waals surface area contributed by atoms with Gasteiger partial charge in [-0.05, 0) is 25.5 Å². The highest BCUT2D eigenvalue weighted by Crippen LogP contribution is 2.23. The van der Waals surface area contributed by atoms with Crippen LogP contribution in [0.3, 0.4) is 0 Å². The van der Waals surface area contributed by atoms with E-state index in [2.05, 4.69) is 19.2 Å². The van der Waals surface area contributed by atoms with E-state index in [1.807, 2.05) is 0 Å². The third kappa shape index (κ3) is 4.03. The van der Waals surface area contributed by atoms with E-state index in [1.54, 1.807) is 0 Å². The fourth-order valence-corrected chi connectivity index (χ4v) is 1.73. The van der Waals surface area contributed by atoms with Gasteiger partial charge in [0.15, 0.2) is 0 Å². The topological polar surface area (TPSA) is 32.3 Å². The normalized spacial score (nSPS) is 16.3. The van der Waals surface area contributed by atoms with Crippen LogP contribution in [0.2, 0.25) is 0 Å². The van der Waals surface area contributed by atoms with Crippen molar-refractivity contribution in [2.75, 3.05) is 13.1 Å². The Kier molecular flexibility index (Phi) is 5.23. The molecule has 0 aromatic heterocycles. The molecule has 0 spiro atoms. The number of hydrogen-bond acceptors (Lipinski definition) is 2. The van der Waals surface area contributed by atoms with Gasteiger partial charge in [-0.1, -0.05) is 26.3 Å². The van der Waals surface area contributed by atoms with Crippen LogP contribution in [0.25, 0.3) is 0 Å². The van der Waals surface area contributed by atoms with Gasteiger partial charge in [0.2, 0.25) is 0 Å². The highest BCUT2D eigenvalue weighted by Gasteiger charge is 2.26. The van der Waals surface area contributed by atoms with Crippen molar-refractivity contribution >= 4 is 0 Å². The molecular weight excluding hydrogens is 236 g/mol. The first-order chi connectivity index (χ1) is 8.36. The standard InChI is InChI=1S/C14H21F2NO/c1-4-10(2)8-17-9-14(3,18)12-6-5-11(15)7-13(12)16/h5-7,10,17-18H,4,8-9H2,1-3H3. The number of hydrogen-bond donors (Lipinski definition) is 2. The zero-order valence-electron chi connectivity index (χ0n) is 11.1. The molecule has 0 amide bonds. The molecule has 0 fully saturated rings. The molecule has 18 heavy (non-hydrogen) atoms. The molecule has 2 nitrogen and oxygen atoms in total. The van der Waals surface area contributed by atoms with E-state index in [9.17, 15) is 13.9 Å². The summed E-state index contributed by atoms with van der Waals surface area (Å²) < 4.78 is 26.4. The van der Waals surface area contributed by atoms with Gasteiger partial charge in [0.05, 0.1) is 0 Å². The Balaban J connectivity index is 2.67. The van der Waals surface area contributed by atoms with Crippen LogP contribution in [0.4, 0.5) is 8.78 Å². The largest absolute Gasteiger partial charge is 0.384 e. The zero-order valence-corrected chi connectivity index (χ0v) is 11.1. The molecule has 0 saturated heterocycles. The summed E-state index contributed by atoms with van der Waals surface area (Å²) in [5.74, 6) is -0.858. The minimum Gasteiger partial charge on any atom is -0.384 e. The molecule has 1 aromatic carbocycles. The summed E-state index contributed by atoms with van der Waals surface area (Å²) in [6.45, 7) is 6.70. The first-order valence-electron chi connectivity index (χ1n) is 6.25. The molecular formula is C14H21F2NO. The Morgan fingerprint density at radius 2 is 2.06 bits per heavy atom. The Hall–Kier alpha value is -1.00. The van der Waals surface area contributed by atoms with E-state index in [1.165, 1.54) is 13.0 Å². The smallest absolute Gasteiger partial charge is 0.132 e. The quantitative estimate of drug-likeness (QED) is 0.821. The van der Waals surface area contributed by atoms with E-state index in [4.69, 9.17) is 0 Å². The van der Waals surface area contributed by atoms with Crippen LogP contribution < -0.4 is 5.32 Å². The van der Waals surface area contributed by atoms with Gasteiger partial charge < -0.3 is 10.4 Å². The summed E-state index contributed by atoms with van der Waals surface area (Å²) in [6, 6.07) is 3.23. The SMILES string of the molecule is CCC(C)CNCC(C)(O)c1ccc(F)cc1F. The average Bonchev–Trinajstić information content (AvgIpc) is 2.27. The lowest BCUT2D eigenvalue weighted by molar-refractivity contribution is 0.0524. The lowest BCUT2D eigenvalue weighted by atomic mass is 9.95. The van der Waals surface area contributed by atoms with Crippen molar-refractivity contribution in [3.05, 3.63) is 35.4 Å². The van der Waals surface area contributed by atoms with E-state index >= 15 is 0 Å². The van der Waals surface area contributed by atoms with E-state index in [-0.39, 0.29) is 12.1 Å². The van der Waals surface area contributed by atoms with Gasteiger partial charge >= 0.3 is 0 Å². The summed E-state index contributed by atoms with van der Waals surface area (Å²) in [6.07, 6.45) is 1.04. The first kappa shape index (κ1) is 15.1. The second-order valence-electron chi connectivity index (χ2n) is 5.04. The van der Waals surface area contributed by atoms with Crippen LogP contribution in [-0.4, -0.2) is 18.2 Å². The monoisotopic (exact) mass is 257 g/mol. The summed E-state index contributed by atoms with van der Waals surface area (Å²) in [5, 5.41) is 13.3. The van der Waals surface area contributed by atoms with Crippen LogP contribution in [0.1, 0.15) is 32.8 Å². The van der Waals surface area contributed by atoms with Gasteiger partial charge in [0.1, 0.15) is 17.2 Å². The minimum absolute atomic E-state index is 0.112. The molecule has 0 radical (unpaired) electrons. The first-order valence-corrected chi connectivity index (χ1v) is 6.25. The predicted octanol–water partition coefficient (Wildman–Crippen LogP) is 2.81. The summed E-state index contributed by atoms with van der Waals surface area (Å²) >= 11 is 0. The van der Waals surface area contributed by atoms with Crippen LogP contribution in [0, 0.1) is 17.6 Å². The van der Waals surface area contributed by atoms with Crippen LogP contribution >= 0.6 is 0 Å². The van der Waals surface area contributed by atoms with E-state index in [0.29, 0.717) is 5.92 Å². The lowest BCUT2D eigenvalue weighted by Gasteiger charge is -2.25. The van der Waals surface area contributed by atoms with Gasteiger partial charge in [0.25, 0.3) is 0 Å². The number of rotatable bonds is 6. The Labute approximate surface area is 107 Å². The molecule has 0 saturated carbocycles. The Bertz CT molecular complexity index is 393. The third-order valence-electron chi connectivity index (χ3n) is 3.17. The summed E-state index contributed by atoms with van der Waals surface area (Å²) in [4.78, 5) is 0. The maximum Gasteiger partial charge on any atom is 0.132 e. The average molecular weight is 257 g/mol. The maximum atomic E-state index is 13.6. The number of benzene rings is 1. The van der Waals surface area contributed by atoms with Crippen molar-refractivity contribution in [2.24, 2.45) is 5.92 Å². The van der Waals surface area contributed by atoms with Gasteiger partial charge in [-0.2, -0.15) is 0 Å². The molecule has 0 heterocycles. The number of aliphatic hydroxyl groups is 1. The molecule has 0 aliphatic carbocycles. The Morgan fingerprint density at radius 3 is 2.61 bits per heavy atom. The third-order valence-corrected chi connectivity index (χ3v) is 3.17. The highest BCUT2D eigenvalue weighted by atomic mass is 19.1. The van der Waals surface area contributed by atoms with Crippen molar-refractivity contribution in [3.63, 3.8) is 0 Å². The summed E-state index contributed by atoms with van der Waals surface area (Å²) in [7, 11) is 0. The van der Waals surface area contributed by atoms with Gasteiger partial charge in [-0.3, -0.25) is 0 Å². The van der Waals surface area contributed by atoms with Crippen LogP contribution in [-0.2, 0) is 5.60 Å². The molecule has 2 unspecified atom stereocenters. The van der Waals surface area contributed by atoms with Gasteiger partial charge in [-0.25, -0.2) is 8.78 Å². The predicted molar refractivity (Wildman–Crippen MR) is 68.3 cm³/mol. The second-order valence-corrected chi connectivity index (χ2v) is 5.04. The van der Waals surface area contributed by atoms with Gasteiger partial charge in [-0.15, -0.1) is 0 Å². The molecule has 4 heteroatoms. The van der Waals surface area contributed by atoms with E-state index in [0.717, 1.165) is 25.1 Å². The van der Waals surface area contributed by atoms with Crippen molar-refractivity contribution in [1.29, 1.82) is 0 Å².